The first-order valence-electron chi connectivity index (χ1n) is 7.73. The summed E-state index contributed by atoms with van der Waals surface area (Å²) in [4.78, 5) is 20.8. The summed E-state index contributed by atoms with van der Waals surface area (Å²) < 4.78 is 1.58. The maximum absolute atomic E-state index is 12.5. The quantitative estimate of drug-likeness (QED) is 0.786. The normalized spacial score (nSPS) is 12.3. The van der Waals surface area contributed by atoms with E-state index in [9.17, 15) is 4.79 Å². The summed E-state index contributed by atoms with van der Waals surface area (Å²) in [5, 5.41) is 7.28. The van der Waals surface area contributed by atoms with E-state index in [2.05, 4.69) is 27.3 Å². The molecule has 3 rings (SSSR count). The molecule has 1 amide bonds. The summed E-state index contributed by atoms with van der Waals surface area (Å²) >= 11 is 0. The average Bonchev–Trinajstić information content (AvgIpc) is 3.01. The number of carbonyl (C=O) groups is 1. The zero-order valence-corrected chi connectivity index (χ0v) is 13.2. The van der Waals surface area contributed by atoms with Crippen molar-refractivity contribution in [2.75, 3.05) is 0 Å². The lowest BCUT2D eigenvalue weighted by Crippen LogP contribution is -2.29. The minimum atomic E-state index is -0.280. The largest absolute Gasteiger partial charge is 0.342 e. The van der Waals surface area contributed by atoms with Gasteiger partial charge in [0.05, 0.1) is 6.04 Å². The Morgan fingerprint density at radius 3 is 2.74 bits per heavy atom. The Hall–Kier alpha value is -2.76. The molecule has 3 aromatic rings. The van der Waals surface area contributed by atoms with Crippen LogP contribution in [0.1, 0.15) is 47.7 Å². The fourth-order valence-electron chi connectivity index (χ4n) is 2.52. The molecule has 0 aliphatic rings. The highest BCUT2D eigenvalue weighted by atomic mass is 16.2. The van der Waals surface area contributed by atoms with E-state index in [1.54, 1.807) is 10.7 Å². The maximum atomic E-state index is 12.5. The summed E-state index contributed by atoms with van der Waals surface area (Å²) in [5.41, 5.74) is 1.97. The molecule has 1 N–H and O–H groups in total. The van der Waals surface area contributed by atoms with Gasteiger partial charge in [0.1, 0.15) is 0 Å². The highest BCUT2D eigenvalue weighted by Crippen LogP contribution is 2.18. The van der Waals surface area contributed by atoms with Crippen LogP contribution in [0, 0.1) is 6.92 Å². The molecule has 118 valence electrons. The Balaban J connectivity index is 1.84. The van der Waals surface area contributed by atoms with Gasteiger partial charge in [0.25, 0.3) is 11.7 Å². The van der Waals surface area contributed by atoms with Crippen molar-refractivity contribution >= 4 is 11.7 Å². The van der Waals surface area contributed by atoms with Crippen molar-refractivity contribution in [3.63, 3.8) is 0 Å². The molecule has 6 nitrogen and oxygen atoms in total. The van der Waals surface area contributed by atoms with Gasteiger partial charge in [-0.15, -0.1) is 5.10 Å². The Morgan fingerprint density at radius 2 is 2.04 bits per heavy atom. The molecule has 0 aliphatic carbocycles. The number of rotatable bonds is 5. The molecule has 1 atom stereocenters. The average molecular weight is 309 g/mol. The highest BCUT2D eigenvalue weighted by molar-refractivity contribution is 5.91. The first kappa shape index (κ1) is 15.1. The first-order chi connectivity index (χ1) is 11.2. The number of fused-ring (bicyclic) bond motifs is 1. The van der Waals surface area contributed by atoms with Crippen LogP contribution in [0.5, 0.6) is 0 Å². The molecule has 0 saturated carbocycles. The fraction of sp³-hybridized carbons (Fsp3) is 0.294. The number of nitrogens with zero attached hydrogens (tertiary/aromatic N) is 4. The molecule has 1 unspecified atom stereocenters. The molecule has 0 bridgehead atoms. The van der Waals surface area contributed by atoms with E-state index >= 15 is 0 Å². The van der Waals surface area contributed by atoms with Gasteiger partial charge in [-0.1, -0.05) is 43.7 Å². The zero-order chi connectivity index (χ0) is 16.2. The predicted molar refractivity (Wildman–Crippen MR) is 87.1 cm³/mol. The zero-order valence-electron chi connectivity index (χ0n) is 13.2. The molecule has 6 heteroatoms. The van der Waals surface area contributed by atoms with Gasteiger partial charge >= 0.3 is 0 Å². The molecule has 0 radical (unpaired) electrons. The lowest BCUT2D eigenvalue weighted by atomic mass is 10.0. The van der Waals surface area contributed by atoms with Crippen molar-refractivity contribution in [2.45, 2.75) is 32.7 Å². The maximum Gasteiger partial charge on any atom is 0.291 e. The van der Waals surface area contributed by atoms with Crippen LogP contribution in [0.4, 0.5) is 0 Å². The molecular weight excluding hydrogens is 290 g/mol. The molecule has 0 saturated heterocycles. The third-order valence-electron chi connectivity index (χ3n) is 3.72. The Labute approximate surface area is 134 Å². The number of aromatic nitrogens is 4. The minimum absolute atomic E-state index is 0.0469. The Morgan fingerprint density at radius 1 is 1.26 bits per heavy atom. The molecule has 0 fully saturated rings. The van der Waals surface area contributed by atoms with E-state index in [1.807, 2.05) is 43.3 Å². The second-order valence-electron chi connectivity index (χ2n) is 5.46. The van der Waals surface area contributed by atoms with Gasteiger partial charge in [-0.2, -0.15) is 4.98 Å². The van der Waals surface area contributed by atoms with Crippen molar-refractivity contribution in [2.24, 2.45) is 0 Å². The monoisotopic (exact) mass is 309 g/mol. The van der Waals surface area contributed by atoms with Crippen molar-refractivity contribution in [3.8, 4) is 0 Å². The van der Waals surface area contributed by atoms with Crippen LogP contribution >= 0.6 is 0 Å². The lowest BCUT2D eigenvalue weighted by Gasteiger charge is -2.17. The minimum Gasteiger partial charge on any atom is -0.342 e. The standard InChI is InChI=1S/C17H19N5O/c1-3-7-14(13-8-5-4-6-9-13)19-16(23)15-20-17-18-11-10-12(2)22(17)21-15/h4-6,8-11,14H,3,7H2,1-2H3,(H,19,23). The second kappa shape index (κ2) is 6.56. The first-order valence-corrected chi connectivity index (χ1v) is 7.73. The van der Waals surface area contributed by atoms with Gasteiger partial charge in [0.15, 0.2) is 0 Å². The Bertz CT molecular complexity index is 812. The third kappa shape index (κ3) is 3.21. The fourth-order valence-corrected chi connectivity index (χ4v) is 2.52. The van der Waals surface area contributed by atoms with E-state index in [-0.39, 0.29) is 17.8 Å². The number of hydrogen-bond donors (Lipinski definition) is 1. The van der Waals surface area contributed by atoms with Gasteiger partial charge < -0.3 is 5.32 Å². The van der Waals surface area contributed by atoms with Crippen molar-refractivity contribution in [1.29, 1.82) is 0 Å². The lowest BCUT2D eigenvalue weighted by molar-refractivity contribution is 0.0924. The van der Waals surface area contributed by atoms with Gasteiger partial charge in [-0.3, -0.25) is 4.79 Å². The Kier molecular flexibility index (Phi) is 4.32. The van der Waals surface area contributed by atoms with Crippen LogP contribution in [0.2, 0.25) is 0 Å². The van der Waals surface area contributed by atoms with E-state index in [0.29, 0.717) is 5.78 Å². The number of carbonyl (C=O) groups excluding carboxylic acids is 1. The van der Waals surface area contributed by atoms with E-state index in [0.717, 1.165) is 24.1 Å². The number of hydrogen-bond acceptors (Lipinski definition) is 4. The second-order valence-corrected chi connectivity index (χ2v) is 5.46. The topological polar surface area (TPSA) is 72.2 Å². The van der Waals surface area contributed by atoms with Crippen molar-refractivity contribution in [1.82, 2.24) is 24.9 Å². The number of amides is 1. The molecule has 0 aliphatic heterocycles. The smallest absolute Gasteiger partial charge is 0.291 e. The molecule has 23 heavy (non-hydrogen) atoms. The molecule has 1 aromatic carbocycles. The summed E-state index contributed by atoms with van der Waals surface area (Å²) in [7, 11) is 0. The number of benzene rings is 1. The summed E-state index contributed by atoms with van der Waals surface area (Å²) in [6.07, 6.45) is 3.49. The summed E-state index contributed by atoms with van der Waals surface area (Å²) in [6, 6.07) is 11.7. The molecule has 0 spiro atoms. The van der Waals surface area contributed by atoms with Gasteiger partial charge in [-0.25, -0.2) is 9.50 Å². The SMILES string of the molecule is CCCC(NC(=O)c1nc2nccc(C)n2n1)c1ccccc1. The molecular formula is C17H19N5O. The summed E-state index contributed by atoms with van der Waals surface area (Å²) in [6.45, 7) is 3.99. The molecule has 2 heterocycles. The van der Waals surface area contributed by atoms with Gasteiger partial charge in [0, 0.05) is 11.9 Å². The van der Waals surface area contributed by atoms with E-state index in [1.165, 1.54) is 0 Å². The highest BCUT2D eigenvalue weighted by Gasteiger charge is 2.19. The number of aryl methyl sites for hydroxylation is 1. The van der Waals surface area contributed by atoms with E-state index < -0.39 is 0 Å². The van der Waals surface area contributed by atoms with Gasteiger partial charge in [-0.05, 0) is 25.0 Å². The van der Waals surface area contributed by atoms with Crippen LogP contribution in [-0.2, 0) is 0 Å². The van der Waals surface area contributed by atoms with E-state index in [4.69, 9.17) is 0 Å². The number of nitrogens with one attached hydrogen (secondary N) is 1. The third-order valence-corrected chi connectivity index (χ3v) is 3.72. The summed E-state index contributed by atoms with van der Waals surface area (Å²) in [5.74, 6) is 0.294. The molecule has 2 aromatic heterocycles. The van der Waals surface area contributed by atoms with Gasteiger partial charge in [0.2, 0.25) is 5.82 Å². The van der Waals surface area contributed by atoms with Crippen molar-refractivity contribution < 1.29 is 4.79 Å². The van der Waals surface area contributed by atoms with Crippen LogP contribution in [-0.4, -0.2) is 25.5 Å². The van der Waals surface area contributed by atoms with Crippen LogP contribution in [0.3, 0.4) is 0 Å². The van der Waals surface area contributed by atoms with Crippen LogP contribution < -0.4 is 5.32 Å². The van der Waals surface area contributed by atoms with Crippen LogP contribution in [0.15, 0.2) is 42.6 Å². The van der Waals surface area contributed by atoms with Crippen LogP contribution in [0.25, 0.3) is 5.78 Å². The van der Waals surface area contributed by atoms with Crippen molar-refractivity contribution in [3.05, 3.63) is 59.7 Å². The predicted octanol–water partition coefficient (Wildman–Crippen LogP) is 2.70.